The smallest absolute Gasteiger partial charge is 0.246 e. The minimum absolute atomic E-state index is 0.173. The van der Waals surface area contributed by atoms with E-state index in [9.17, 15) is 4.79 Å². The maximum atomic E-state index is 11.4. The summed E-state index contributed by atoms with van der Waals surface area (Å²) in [4.78, 5) is 16.2. The molecule has 0 spiro atoms. The molecule has 0 aromatic rings. The molecule has 2 aliphatic heterocycles. The van der Waals surface area contributed by atoms with Crippen LogP contribution in [0, 0.1) is 0 Å². The van der Waals surface area contributed by atoms with E-state index in [4.69, 9.17) is 5.53 Å². The molecule has 2 bridgehead atoms. The quantitative estimate of drug-likeness (QED) is 0.360. The van der Waals surface area contributed by atoms with Gasteiger partial charge in [0.2, 0.25) is 5.91 Å². The molecule has 0 aliphatic carbocycles. The number of nitrogens with zero attached hydrogens (tertiary/aromatic N) is 4. The van der Waals surface area contributed by atoms with Gasteiger partial charge in [-0.05, 0) is 37.0 Å². The van der Waals surface area contributed by atoms with Gasteiger partial charge in [-0.1, -0.05) is 6.08 Å². The monoisotopic (exact) mass is 192 g/mol. The Kier molecular flexibility index (Phi) is 2.27. The fourth-order valence-electron chi connectivity index (χ4n) is 2.40. The van der Waals surface area contributed by atoms with E-state index in [0.29, 0.717) is 11.6 Å². The van der Waals surface area contributed by atoms with E-state index in [1.54, 1.807) is 0 Å². The first-order valence-corrected chi connectivity index (χ1v) is 4.75. The Bertz CT molecular complexity index is 343. The number of hydrogen-bond donors (Lipinski definition) is 0. The molecule has 0 unspecified atom stereocenters. The van der Waals surface area contributed by atoms with Crippen molar-refractivity contribution in [3.8, 4) is 0 Å². The number of rotatable bonds is 1. The van der Waals surface area contributed by atoms with E-state index in [1.807, 2.05) is 13.1 Å². The second-order valence-corrected chi connectivity index (χ2v) is 3.80. The van der Waals surface area contributed by atoms with E-state index >= 15 is 0 Å². The van der Waals surface area contributed by atoms with Crippen molar-refractivity contribution < 1.29 is 4.79 Å². The molecule has 2 aliphatic rings. The minimum atomic E-state index is -0.412. The Balaban J connectivity index is 2.25. The molecule has 1 saturated heterocycles. The van der Waals surface area contributed by atoms with Gasteiger partial charge in [0.25, 0.3) is 0 Å². The molecule has 2 heterocycles. The van der Waals surface area contributed by atoms with Crippen LogP contribution in [0.2, 0.25) is 0 Å². The van der Waals surface area contributed by atoms with Gasteiger partial charge in [0.05, 0.1) is 0 Å². The second-order valence-electron chi connectivity index (χ2n) is 3.80. The number of azide groups is 1. The first-order chi connectivity index (χ1) is 6.74. The van der Waals surface area contributed by atoms with E-state index in [-0.39, 0.29) is 6.04 Å². The Labute approximate surface area is 82.0 Å². The summed E-state index contributed by atoms with van der Waals surface area (Å²) >= 11 is 0. The van der Waals surface area contributed by atoms with Crippen LogP contribution in [-0.2, 0) is 4.79 Å². The molecule has 0 radical (unpaired) electrons. The number of carbonyl (C=O) groups excluding carboxylic acids is 1. The van der Waals surface area contributed by atoms with Crippen LogP contribution in [0.1, 0.15) is 19.3 Å². The summed E-state index contributed by atoms with van der Waals surface area (Å²) in [5.41, 5.74) is 8.88. The second kappa shape index (κ2) is 3.44. The highest BCUT2D eigenvalue weighted by Gasteiger charge is 2.37. The van der Waals surface area contributed by atoms with Crippen LogP contribution >= 0.6 is 0 Å². The normalized spacial score (nSPS) is 30.8. The number of amides is 1. The van der Waals surface area contributed by atoms with Crippen molar-refractivity contribution in [3.05, 3.63) is 22.1 Å². The predicted octanol–water partition coefficient (Wildman–Crippen LogP) is 1.62. The summed E-state index contributed by atoms with van der Waals surface area (Å²) in [6.07, 6.45) is 4.96. The standard InChI is InChI=1S/C9H12N4O/c1-13-6-2-4-7(8(13)5-3-6)9(14)11-12-10/h4,6,8H,2-3,5H2,1H3/t6-,8-/m1/s1. The Morgan fingerprint density at radius 2 is 2.50 bits per heavy atom. The number of likely N-dealkylation sites (N-methyl/N-ethyl adjacent to an activating group) is 1. The molecule has 1 fully saturated rings. The molecule has 5 heteroatoms. The molecule has 0 aromatic heterocycles. The third kappa shape index (κ3) is 1.31. The van der Waals surface area contributed by atoms with Gasteiger partial charge < -0.3 is 0 Å². The highest BCUT2D eigenvalue weighted by atomic mass is 16.1. The maximum absolute atomic E-state index is 11.4. The third-order valence-corrected chi connectivity index (χ3v) is 3.19. The minimum Gasteiger partial charge on any atom is -0.296 e. The van der Waals surface area contributed by atoms with Crippen LogP contribution in [0.5, 0.6) is 0 Å². The molecule has 2 rings (SSSR count). The summed E-state index contributed by atoms with van der Waals surface area (Å²) in [5.74, 6) is -0.412. The molecule has 1 amide bonds. The summed E-state index contributed by atoms with van der Waals surface area (Å²) in [6.45, 7) is 0. The van der Waals surface area contributed by atoms with Gasteiger partial charge in [-0.15, -0.1) is 0 Å². The van der Waals surface area contributed by atoms with Gasteiger partial charge in [-0.25, -0.2) is 0 Å². The molecule has 14 heavy (non-hydrogen) atoms. The van der Waals surface area contributed by atoms with Crippen LogP contribution in [0.3, 0.4) is 0 Å². The Hall–Kier alpha value is -1.32. The highest BCUT2D eigenvalue weighted by molar-refractivity contribution is 5.95. The third-order valence-electron chi connectivity index (χ3n) is 3.19. The van der Waals surface area contributed by atoms with Gasteiger partial charge >= 0.3 is 0 Å². The van der Waals surface area contributed by atoms with Gasteiger partial charge in [0, 0.05) is 22.6 Å². The van der Waals surface area contributed by atoms with Crippen LogP contribution < -0.4 is 0 Å². The van der Waals surface area contributed by atoms with E-state index in [0.717, 1.165) is 19.3 Å². The zero-order valence-electron chi connectivity index (χ0n) is 8.05. The molecule has 0 N–H and O–H groups in total. The summed E-state index contributed by atoms with van der Waals surface area (Å²) in [7, 11) is 2.03. The van der Waals surface area contributed by atoms with Crippen molar-refractivity contribution in [2.45, 2.75) is 31.3 Å². The average Bonchev–Trinajstić information content (AvgIpc) is 2.42. The maximum Gasteiger partial charge on any atom is 0.246 e. The molecule has 2 atom stereocenters. The molecular weight excluding hydrogens is 180 g/mol. The van der Waals surface area contributed by atoms with Crippen molar-refractivity contribution in [1.82, 2.24) is 4.90 Å². The fraction of sp³-hybridized carbons (Fsp3) is 0.667. The number of fused-ring (bicyclic) bond motifs is 2. The van der Waals surface area contributed by atoms with Gasteiger partial charge in [0.15, 0.2) is 0 Å². The Morgan fingerprint density at radius 1 is 1.71 bits per heavy atom. The van der Waals surface area contributed by atoms with Crippen LogP contribution in [0.4, 0.5) is 0 Å². The lowest BCUT2D eigenvalue weighted by atomic mass is 10.0. The van der Waals surface area contributed by atoms with Crippen molar-refractivity contribution in [2.75, 3.05) is 7.05 Å². The van der Waals surface area contributed by atoms with Crippen molar-refractivity contribution >= 4 is 5.91 Å². The van der Waals surface area contributed by atoms with E-state index in [2.05, 4.69) is 14.9 Å². The number of carbonyl (C=O) groups is 1. The van der Waals surface area contributed by atoms with Crippen LogP contribution in [-0.4, -0.2) is 29.9 Å². The molecule has 0 saturated carbocycles. The molecular formula is C9H12N4O. The fourth-order valence-corrected chi connectivity index (χ4v) is 2.40. The summed E-state index contributed by atoms with van der Waals surface area (Å²) in [6, 6.07) is 0.745. The first kappa shape index (κ1) is 9.24. The van der Waals surface area contributed by atoms with Crippen molar-refractivity contribution in [1.29, 1.82) is 0 Å². The van der Waals surface area contributed by atoms with E-state index in [1.165, 1.54) is 0 Å². The largest absolute Gasteiger partial charge is 0.296 e. The summed E-state index contributed by atoms with van der Waals surface area (Å²) < 4.78 is 0. The lowest BCUT2D eigenvalue weighted by Gasteiger charge is -2.30. The lowest BCUT2D eigenvalue weighted by molar-refractivity contribution is -0.115. The van der Waals surface area contributed by atoms with Crippen LogP contribution in [0.15, 0.2) is 16.8 Å². The molecule has 74 valence electrons. The van der Waals surface area contributed by atoms with Gasteiger partial charge in [-0.2, -0.15) is 0 Å². The Morgan fingerprint density at radius 3 is 3.21 bits per heavy atom. The summed E-state index contributed by atoms with van der Waals surface area (Å²) in [5, 5.41) is 3.15. The van der Waals surface area contributed by atoms with Crippen LogP contribution in [0.25, 0.3) is 10.4 Å². The lowest BCUT2D eigenvalue weighted by Crippen LogP contribution is -2.38. The van der Waals surface area contributed by atoms with E-state index < -0.39 is 5.91 Å². The number of hydrogen-bond acceptors (Lipinski definition) is 2. The SMILES string of the molecule is CN1[C@@H]2CC=C(C(=O)N=[N+]=[N-])[C@H]1CC2. The van der Waals surface area contributed by atoms with Crippen molar-refractivity contribution in [2.24, 2.45) is 5.11 Å². The molecule has 5 nitrogen and oxygen atoms in total. The predicted molar refractivity (Wildman–Crippen MR) is 51.4 cm³/mol. The topological polar surface area (TPSA) is 69.1 Å². The first-order valence-electron chi connectivity index (χ1n) is 4.75. The highest BCUT2D eigenvalue weighted by Crippen LogP contribution is 2.34. The zero-order chi connectivity index (χ0) is 10.1. The average molecular weight is 192 g/mol. The van der Waals surface area contributed by atoms with Gasteiger partial charge in [-0.3, -0.25) is 9.69 Å². The molecule has 0 aromatic carbocycles. The zero-order valence-corrected chi connectivity index (χ0v) is 8.05. The van der Waals surface area contributed by atoms with Crippen molar-refractivity contribution in [3.63, 3.8) is 0 Å². The van der Waals surface area contributed by atoms with Gasteiger partial charge in [0.1, 0.15) is 0 Å².